The molecule has 0 radical (unpaired) electrons. The van der Waals surface area contributed by atoms with E-state index >= 15 is 0 Å². The van der Waals surface area contributed by atoms with Crippen LogP contribution in [0.15, 0.2) is 72.8 Å². The Labute approximate surface area is 170 Å². The smallest absolute Gasteiger partial charge is 0.251 e. The second kappa shape index (κ2) is 10.4. The highest BCUT2D eigenvalue weighted by molar-refractivity contribution is 5.98. The number of fused-ring (bicyclic) bond motifs is 1. The van der Waals surface area contributed by atoms with Gasteiger partial charge in [-0.3, -0.25) is 9.59 Å². The maximum atomic E-state index is 12.4. The molecule has 150 valence electrons. The Bertz CT molecular complexity index is 957. The van der Waals surface area contributed by atoms with Gasteiger partial charge in [-0.2, -0.15) is 0 Å². The van der Waals surface area contributed by atoms with Gasteiger partial charge in [-0.05, 0) is 41.3 Å². The summed E-state index contributed by atoms with van der Waals surface area (Å²) in [5.74, 6) is -0.320. The maximum absolute atomic E-state index is 12.4. The lowest BCUT2D eigenvalue weighted by molar-refractivity contribution is -0.121. The summed E-state index contributed by atoms with van der Waals surface area (Å²) in [5, 5.41) is 17.0. The Morgan fingerprint density at radius 2 is 1.62 bits per heavy atom. The molecule has 0 saturated heterocycles. The van der Waals surface area contributed by atoms with E-state index in [1.54, 1.807) is 6.07 Å². The summed E-state index contributed by atoms with van der Waals surface area (Å²) in [6.45, 7) is 0.347. The third-order valence-corrected chi connectivity index (χ3v) is 4.84. The predicted molar refractivity (Wildman–Crippen MR) is 115 cm³/mol. The Kier molecular flexibility index (Phi) is 7.36. The van der Waals surface area contributed by atoms with E-state index in [-0.39, 0.29) is 37.4 Å². The fourth-order valence-electron chi connectivity index (χ4n) is 3.29. The van der Waals surface area contributed by atoms with E-state index in [0.717, 1.165) is 16.3 Å². The minimum absolute atomic E-state index is 0.0843. The number of amides is 2. The van der Waals surface area contributed by atoms with Crippen molar-refractivity contribution in [2.45, 2.75) is 25.3 Å². The number of hydrogen-bond donors (Lipinski definition) is 3. The van der Waals surface area contributed by atoms with Crippen LogP contribution in [0, 0.1) is 0 Å². The van der Waals surface area contributed by atoms with Crippen LogP contribution < -0.4 is 10.6 Å². The lowest BCUT2D eigenvalue weighted by Gasteiger charge is -2.19. The molecule has 0 bridgehead atoms. The van der Waals surface area contributed by atoms with Gasteiger partial charge in [0.15, 0.2) is 0 Å². The maximum Gasteiger partial charge on any atom is 0.251 e. The first-order valence-electron chi connectivity index (χ1n) is 9.89. The molecule has 3 aromatic rings. The third-order valence-electron chi connectivity index (χ3n) is 4.84. The third kappa shape index (κ3) is 5.90. The highest BCUT2D eigenvalue weighted by Crippen LogP contribution is 2.18. The minimum atomic E-state index is -0.191. The average Bonchev–Trinajstić information content (AvgIpc) is 2.76. The lowest BCUT2D eigenvalue weighted by Crippen LogP contribution is -2.33. The van der Waals surface area contributed by atoms with E-state index in [1.807, 2.05) is 66.7 Å². The first kappa shape index (κ1) is 20.6. The number of carbonyl (C=O) groups is 2. The molecule has 0 aliphatic carbocycles. The normalized spacial score (nSPS) is 11.8. The second-order valence-electron chi connectivity index (χ2n) is 6.96. The van der Waals surface area contributed by atoms with Crippen LogP contribution in [0.3, 0.4) is 0 Å². The second-order valence-corrected chi connectivity index (χ2v) is 6.96. The Morgan fingerprint density at radius 3 is 2.38 bits per heavy atom. The van der Waals surface area contributed by atoms with Gasteiger partial charge in [0.25, 0.3) is 5.91 Å². The fourth-order valence-corrected chi connectivity index (χ4v) is 3.29. The molecular formula is C24H26N2O3. The molecule has 0 heterocycles. The van der Waals surface area contributed by atoms with Gasteiger partial charge in [0.1, 0.15) is 0 Å². The Hall–Kier alpha value is -3.18. The van der Waals surface area contributed by atoms with Crippen LogP contribution in [0.5, 0.6) is 0 Å². The Balaban J connectivity index is 1.51. The molecule has 0 spiro atoms. The first-order valence-corrected chi connectivity index (χ1v) is 9.89. The summed E-state index contributed by atoms with van der Waals surface area (Å²) in [7, 11) is 0. The highest BCUT2D eigenvalue weighted by atomic mass is 16.3. The van der Waals surface area contributed by atoms with Crippen molar-refractivity contribution in [1.29, 1.82) is 0 Å². The fraction of sp³-hybridized carbons (Fsp3) is 0.250. The zero-order chi connectivity index (χ0) is 20.5. The summed E-state index contributed by atoms with van der Waals surface area (Å²) in [6.07, 6.45) is 1.47. The lowest BCUT2D eigenvalue weighted by atomic mass is 10.0. The van der Waals surface area contributed by atoms with Gasteiger partial charge in [0.2, 0.25) is 5.91 Å². The summed E-state index contributed by atoms with van der Waals surface area (Å²) in [4.78, 5) is 24.7. The molecule has 0 unspecified atom stereocenters. The van der Waals surface area contributed by atoms with Crippen molar-refractivity contribution < 1.29 is 14.7 Å². The average molecular weight is 390 g/mol. The van der Waals surface area contributed by atoms with Crippen molar-refractivity contribution in [2.24, 2.45) is 0 Å². The van der Waals surface area contributed by atoms with Crippen LogP contribution in [0.2, 0.25) is 0 Å². The molecule has 3 N–H and O–H groups in total. The van der Waals surface area contributed by atoms with Crippen molar-refractivity contribution in [2.75, 3.05) is 13.2 Å². The van der Waals surface area contributed by atoms with Crippen LogP contribution in [-0.4, -0.2) is 30.1 Å². The summed E-state index contributed by atoms with van der Waals surface area (Å²) in [5.41, 5.74) is 1.59. The molecule has 3 rings (SSSR count). The van der Waals surface area contributed by atoms with Gasteiger partial charge in [-0.15, -0.1) is 0 Å². The van der Waals surface area contributed by atoms with Crippen molar-refractivity contribution in [3.8, 4) is 0 Å². The monoisotopic (exact) mass is 390 g/mol. The molecule has 29 heavy (non-hydrogen) atoms. The predicted octanol–water partition coefficient (Wildman–Crippen LogP) is 3.59. The number of aliphatic hydroxyl groups excluding tert-OH is 1. The first-order chi connectivity index (χ1) is 14.2. The van der Waals surface area contributed by atoms with Crippen LogP contribution in [-0.2, 0) is 4.79 Å². The zero-order valence-electron chi connectivity index (χ0n) is 16.3. The molecule has 0 aliphatic heterocycles. The summed E-state index contributed by atoms with van der Waals surface area (Å²) >= 11 is 0. The molecule has 2 amide bonds. The number of benzene rings is 3. The molecular weight excluding hydrogens is 364 g/mol. The Morgan fingerprint density at radius 1 is 0.897 bits per heavy atom. The molecule has 1 atom stereocenters. The summed E-state index contributed by atoms with van der Waals surface area (Å²) in [6, 6.07) is 23.0. The van der Waals surface area contributed by atoms with E-state index in [2.05, 4.69) is 10.6 Å². The standard InChI is InChI=1S/C24H26N2O3/c27-16-6-11-22(19-8-2-1-3-9-19)26-23(28)14-15-25-24(29)21-13-12-18-7-4-5-10-20(18)17-21/h1-5,7-10,12-13,17,22,27H,6,11,14-16H2,(H,25,29)(H,26,28)/t22-/m0/s1. The molecule has 3 aromatic carbocycles. The van der Waals surface area contributed by atoms with Crippen LogP contribution in [0.4, 0.5) is 0 Å². The quantitative estimate of drug-likeness (QED) is 0.522. The van der Waals surface area contributed by atoms with Crippen molar-refractivity contribution in [3.05, 3.63) is 83.9 Å². The van der Waals surface area contributed by atoms with Crippen molar-refractivity contribution in [3.63, 3.8) is 0 Å². The number of aliphatic hydroxyl groups is 1. The van der Waals surface area contributed by atoms with Crippen LogP contribution in [0.25, 0.3) is 10.8 Å². The van der Waals surface area contributed by atoms with Gasteiger partial charge in [0.05, 0.1) is 6.04 Å². The van der Waals surface area contributed by atoms with Gasteiger partial charge in [0, 0.05) is 25.1 Å². The van der Waals surface area contributed by atoms with Gasteiger partial charge in [-0.25, -0.2) is 0 Å². The molecule has 0 saturated carbocycles. The summed E-state index contributed by atoms with van der Waals surface area (Å²) < 4.78 is 0. The van der Waals surface area contributed by atoms with Gasteiger partial charge >= 0.3 is 0 Å². The number of nitrogens with one attached hydrogen (secondary N) is 2. The zero-order valence-corrected chi connectivity index (χ0v) is 16.3. The topological polar surface area (TPSA) is 78.4 Å². The van der Waals surface area contributed by atoms with Gasteiger partial charge in [-0.1, -0.05) is 60.7 Å². The molecule has 0 aromatic heterocycles. The van der Waals surface area contributed by atoms with Crippen LogP contribution in [0.1, 0.15) is 41.2 Å². The highest BCUT2D eigenvalue weighted by Gasteiger charge is 2.14. The van der Waals surface area contributed by atoms with E-state index < -0.39 is 0 Å². The largest absolute Gasteiger partial charge is 0.396 e. The molecule has 5 nitrogen and oxygen atoms in total. The van der Waals surface area contributed by atoms with Crippen LogP contribution >= 0.6 is 0 Å². The van der Waals surface area contributed by atoms with E-state index in [4.69, 9.17) is 5.11 Å². The minimum Gasteiger partial charge on any atom is -0.396 e. The van der Waals surface area contributed by atoms with E-state index in [0.29, 0.717) is 18.4 Å². The van der Waals surface area contributed by atoms with Crippen molar-refractivity contribution >= 4 is 22.6 Å². The molecule has 0 aliphatic rings. The number of hydrogen-bond acceptors (Lipinski definition) is 3. The van der Waals surface area contributed by atoms with Crippen molar-refractivity contribution in [1.82, 2.24) is 10.6 Å². The molecule has 0 fully saturated rings. The number of carbonyl (C=O) groups excluding carboxylic acids is 2. The van der Waals surface area contributed by atoms with Gasteiger partial charge < -0.3 is 15.7 Å². The van der Waals surface area contributed by atoms with E-state index in [1.165, 1.54) is 0 Å². The SMILES string of the molecule is O=C(CCNC(=O)c1ccc2ccccc2c1)N[C@@H](CCCO)c1ccccc1. The molecule has 5 heteroatoms. The number of rotatable bonds is 9. The van der Waals surface area contributed by atoms with E-state index in [9.17, 15) is 9.59 Å².